The summed E-state index contributed by atoms with van der Waals surface area (Å²) in [5.74, 6) is 0.872. The van der Waals surface area contributed by atoms with Crippen LogP contribution >= 0.6 is 11.6 Å². The number of carbonyl (C=O) groups is 1. The number of fused-ring (bicyclic) bond motifs is 2. The Labute approximate surface area is 250 Å². The smallest absolute Gasteiger partial charge is 0.354 e. The number of nitrogens with one attached hydrogen (secondary N) is 1. The highest BCUT2D eigenvalue weighted by Gasteiger charge is 2.33. The number of aromatic amines is 1. The number of amides is 1. The fourth-order valence-corrected chi connectivity index (χ4v) is 6.77. The highest BCUT2D eigenvalue weighted by Crippen LogP contribution is 2.39. The van der Waals surface area contributed by atoms with E-state index in [2.05, 4.69) is 66.4 Å². The molecule has 10 heteroatoms. The molecule has 1 N–H and O–H groups in total. The zero-order valence-electron chi connectivity index (χ0n) is 24.5. The van der Waals surface area contributed by atoms with Gasteiger partial charge in [0.1, 0.15) is 11.0 Å². The van der Waals surface area contributed by atoms with Gasteiger partial charge in [-0.15, -0.1) is 0 Å². The summed E-state index contributed by atoms with van der Waals surface area (Å²) >= 11 is 6.61. The summed E-state index contributed by atoms with van der Waals surface area (Å²) in [4.78, 5) is 37.5. The largest absolute Gasteiger partial charge is 0.364 e. The highest BCUT2D eigenvalue weighted by atomic mass is 35.5. The van der Waals surface area contributed by atoms with Gasteiger partial charge in [0.25, 0.3) is 0 Å². The first-order valence-electron chi connectivity index (χ1n) is 14.5. The number of carbonyl (C=O) groups excluding carboxylic acids is 1. The van der Waals surface area contributed by atoms with Crippen molar-refractivity contribution in [2.45, 2.75) is 52.6 Å². The quantitative estimate of drug-likeness (QED) is 0.332. The van der Waals surface area contributed by atoms with Crippen molar-refractivity contribution < 1.29 is 4.79 Å². The van der Waals surface area contributed by atoms with Crippen LogP contribution in [0.2, 0.25) is 5.15 Å². The van der Waals surface area contributed by atoms with Gasteiger partial charge in [0.2, 0.25) is 5.91 Å². The average molecular weight is 586 g/mol. The molecular weight excluding hydrogens is 550 g/mol. The molecule has 2 aliphatic rings. The molecule has 0 aliphatic carbocycles. The Morgan fingerprint density at radius 1 is 1.17 bits per heavy atom. The van der Waals surface area contributed by atoms with E-state index in [1.54, 1.807) is 4.90 Å². The minimum atomic E-state index is -0.299. The number of rotatable bonds is 5. The number of aromatic nitrogens is 4. The third-order valence-electron chi connectivity index (χ3n) is 8.61. The summed E-state index contributed by atoms with van der Waals surface area (Å²) in [5, 5.41) is 8.71. The predicted octanol–water partition coefficient (Wildman–Crippen LogP) is 4.98. The van der Waals surface area contributed by atoms with Gasteiger partial charge in [-0.3, -0.25) is 14.5 Å². The summed E-state index contributed by atoms with van der Waals surface area (Å²) < 4.78 is 1.81. The maximum Gasteiger partial charge on any atom is 0.354 e. The first-order chi connectivity index (χ1) is 20.2. The third kappa shape index (κ3) is 4.65. The lowest BCUT2D eigenvalue weighted by Crippen LogP contribution is -2.54. The minimum Gasteiger partial charge on any atom is -0.364 e. The van der Waals surface area contributed by atoms with Crippen LogP contribution in [0.4, 0.5) is 11.5 Å². The Morgan fingerprint density at radius 2 is 1.95 bits per heavy atom. The van der Waals surface area contributed by atoms with Gasteiger partial charge in [-0.25, -0.2) is 4.79 Å². The number of halogens is 1. The summed E-state index contributed by atoms with van der Waals surface area (Å²) in [7, 11) is 0. The number of anilines is 2. The van der Waals surface area contributed by atoms with Gasteiger partial charge in [-0.1, -0.05) is 56.3 Å². The summed E-state index contributed by atoms with van der Waals surface area (Å²) in [6, 6.07) is 12.1. The molecule has 4 aromatic rings. The summed E-state index contributed by atoms with van der Waals surface area (Å²) in [5.41, 5.74) is 6.58. The van der Waals surface area contributed by atoms with Crippen molar-refractivity contribution in [2.75, 3.05) is 36.0 Å². The average Bonchev–Trinajstić information content (AvgIpc) is 3.36. The molecule has 2 aliphatic heterocycles. The lowest BCUT2D eigenvalue weighted by molar-refractivity contribution is -0.126. The maximum atomic E-state index is 14.1. The van der Waals surface area contributed by atoms with Gasteiger partial charge >= 0.3 is 5.69 Å². The van der Waals surface area contributed by atoms with Crippen LogP contribution in [-0.2, 0) is 17.8 Å². The van der Waals surface area contributed by atoms with Gasteiger partial charge < -0.3 is 14.7 Å². The van der Waals surface area contributed by atoms with Crippen molar-refractivity contribution in [3.63, 3.8) is 0 Å². The second kappa shape index (κ2) is 10.9. The van der Waals surface area contributed by atoms with Crippen molar-refractivity contribution >= 4 is 39.9 Å². The molecule has 0 saturated carbocycles. The third-order valence-corrected chi connectivity index (χ3v) is 8.88. The maximum absolute atomic E-state index is 14.1. The number of benzene rings is 2. The zero-order valence-corrected chi connectivity index (χ0v) is 25.3. The van der Waals surface area contributed by atoms with Gasteiger partial charge in [0.15, 0.2) is 0 Å². The second-order valence-electron chi connectivity index (χ2n) is 11.6. The van der Waals surface area contributed by atoms with Crippen LogP contribution in [0.15, 0.2) is 53.8 Å². The zero-order chi connectivity index (χ0) is 29.7. The molecule has 1 unspecified atom stereocenters. The van der Waals surface area contributed by atoms with E-state index in [0.29, 0.717) is 37.8 Å². The second-order valence-corrected chi connectivity index (χ2v) is 11.9. The van der Waals surface area contributed by atoms with Gasteiger partial charge in [0, 0.05) is 37.8 Å². The van der Waals surface area contributed by atoms with Crippen molar-refractivity contribution in [2.24, 2.45) is 0 Å². The SMILES string of the molecule is C=CC(=O)N1CCN(c2nc(=O)n(-c3ccccc3C(C)C)c3c2CCN(c2c(C)ccc4n[nH]c(Cl)c24)C3)C(C)C1. The molecule has 2 aromatic carbocycles. The molecule has 42 heavy (non-hydrogen) atoms. The molecule has 4 heterocycles. The number of nitrogens with zero attached hydrogens (tertiary/aromatic N) is 6. The van der Waals surface area contributed by atoms with Crippen LogP contribution in [0.5, 0.6) is 0 Å². The molecular formula is C32H36ClN7O2. The molecule has 9 nitrogen and oxygen atoms in total. The van der Waals surface area contributed by atoms with Crippen LogP contribution in [-0.4, -0.2) is 62.8 Å². The topological polar surface area (TPSA) is 90.4 Å². The molecule has 6 rings (SSSR count). The Hall–Kier alpha value is -4.11. The first kappa shape index (κ1) is 28.0. The summed E-state index contributed by atoms with van der Waals surface area (Å²) in [6.07, 6.45) is 2.06. The Morgan fingerprint density at radius 3 is 2.69 bits per heavy atom. The van der Waals surface area contributed by atoms with Crippen LogP contribution in [0.3, 0.4) is 0 Å². The van der Waals surface area contributed by atoms with E-state index in [-0.39, 0.29) is 23.6 Å². The normalized spacial score (nSPS) is 17.2. The van der Waals surface area contributed by atoms with Crippen LogP contribution in [0, 0.1) is 6.92 Å². The fourth-order valence-electron chi connectivity index (χ4n) is 6.54. The molecule has 2 aromatic heterocycles. The van der Waals surface area contributed by atoms with Crippen molar-refractivity contribution in [1.82, 2.24) is 24.6 Å². The molecule has 1 fully saturated rings. The van der Waals surface area contributed by atoms with Gasteiger partial charge in [-0.2, -0.15) is 10.1 Å². The van der Waals surface area contributed by atoms with E-state index in [1.165, 1.54) is 6.08 Å². The fraction of sp³-hybridized carbons (Fsp3) is 0.375. The highest BCUT2D eigenvalue weighted by molar-refractivity contribution is 6.35. The molecule has 0 bridgehead atoms. The number of hydrogen-bond acceptors (Lipinski definition) is 6. The molecule has 1 saturated heterocycles. The van der Waals surface area contributed by atoms with Crippen LogP contribution in [0.25, 0.3) is 16.6 Å². The summed E-state index contributed by atoms with van der Waals surface area (Å²) in [6.45, 7) is 15.0. The Bertz CT molecular complexity index is 1760. The Kier molecular flexibility index (Phi) is 7.30. The monoisotopic (exact) mass is 585 g/mol. The van der Waals surface area contributed by atoms with E-state index >= 15 is 0 Å². The van der Waals surface area contributed by atoms with E-state index < -0.39 is 0 Å². The van der Waals surface area contributed by atoms with Gasteiger partial charge in [-0.05, 0) is 55.5 Å². The molecule has 0 spiro atoms. The lowest BCUT2D eigenvalue weighted by Gasteiger charge is -2.42. The predicted molar refractivity (Wildman–Crippen MR) is 168 cm³/mol. The van der Waals surface area contributed by atoms with E-state index in [1.807, 2.05) is 28.8 Å². The van der Waals surface area contributed by atoms with E-state index in [4.69, 9.17) is 16.6 Å². The number of piperazine rings is 1. The van der Waals surface area contributed by atoms with Crippen LogP contribution in [0.1, 0.15) is 49.1 Å². The Balaban J connectivity index is 1.52. The number of H-pyrrole nitrogens is 1. The first-order valence-corrected chi connectivity index (χ1v) is 14.9. The number of aryl methyl sites for hydroxylation is 1. The van der Waals surface area contributed by atoms with Gasteiger partial charge in [0.05, 0.1) is 34.5 Å². The number of para-hydroxylation sites is 1. The molecule has 1 atom stereocenters. The van der Waals surface area contributed by atoms with E-state index in [9.17, 15) is 9.59 Å². The van der Waals surface area contributed by atoms with Crippen LogP contribution < -0.4 is 15.5 Å². The van der Waals surface area contributed by atoms with Crippen molar-refractivity contribution in [3.8, 4) is 5.69 Å². The molecule has 1 amide bonds. The minimum absolute atomic E-state index is 0.00351. The molecule has 0 radical (unpaired) electrons. The number of hydrogen-bond donors (Lipinski definition) is 1. The van der Waals surface area contributed by atoms with Crippen molar-refractivity contribution in [3.05, 3.63) is 87.1 Å². The van der Waals surface area contributed by atoms with Crippen molar-refractivity contribution in [1.29, 1.82) is 0 Å². The standard InChI is InChI=1S/C32H36ClN7O2/c1-6-27(41)37-15-16-39(21(5)17-37)31-23-13-14-38(29-20(4)11-12-24-28(29)30(33)36-35-24)18-26(23)40(32(42)34-31)25-10-8-7-9-22(25)19(2)3/h6-12,19,21H,1,13-18H2,2-5H3,(H,35,36). The lowest BCUT2D eigenvalue weighted by atomic mass is 9.98. The molecule has 218 valence electrons. The van der Waals surface area contributed by atoms with E-state index in [0.717, 1.165) is 57.0 Å².